The second kappa shape index (κ2) is 6.89. The average Bonchev–Trinajstić information content (AvgIpc) is 2.58. The third kappa shape index (κ3) is 3.35. The molecule has 0 saturated carbocycles. The molecule has 2 heterocycles. The van der Waals surface area contributed by atoms with Crippen LogP contribution < -0.4 is 5.32 Å². The number of guanidine groups is 1. The van der Waals surface area contributed by atoms with Gasteiger partial charge in [0.2, 0.25) is 5.96 Å². The van der Waals surface area contributed by atoms with E-state index in [2.05, 4.69) is 36.0 Å². The molecule has 0 amide bonds. The lowest BCUT2D eigenvalue weighted by Gasteiger charge is -2.40. The van der Waals surface area contributed by atoms with Gasteiger partial charge in [-0.1, -0.05) is 18.5 Å². The monoisotopic (exact) mass is 333 g/mol. The van der Waals surface area contributed by atoms with E-state index in [1.807, 2.05) is 18.2 Å². The van der Waals surface area contributed by atoms with E-state index in [4.69, 9.17) is 21.7 Å². The standard InChI is InChI=1S/C17H24ClN5/c1-4-12(2)21-23-13(3)15-11-14(18)5-6-16(15)20-17(23)22-9-7-19-8-10-22/h5-6,11,13,19H,4,7-10H2,1-3H3/b21-12+. The molecule has 1 unspecified atom stereocenters. The zero-order chi connectivity index (χ0) is 16.4. The van der Waals surface area contributed by atoms with Gasteiger partial charge in [0.1, 0.15) is 0 Å². The van der Waals surface area contributed by atoms with Crippen molar-refractivity contribution < 1.29 is 0 Å². The number of rotatable bonds is 2. The van der Waals surface area contributed by atoms with Crippen molar-refractivity contribution in [2.45, 2.75) is 33.2 Å². The van der Waals surface area contributed by atoms with Crippen LogP contribution in [0.4, 0.5) is 5.69 Å². The van der Waals surface area contributed by atoms with Crippen LogP contribution in [0.15, 0.2) is 28.3 Å². The fourth-order valence-corrected chi connectivity index (χ4v) is 3.07. The molecule has 1 aromatic rings. The van der Waals surface area contributed by atoms with Crippen LogP contribution in [0.25, 0.3) is 0 Å². The van der Waals surface area contributed by atoms with E-state index in [0.29, 0.717) is 0 Å². The van der Waals surface area contributed by atoms with E-state index < -0.39 is 0 Å². The molecular weight excluding hydrogens is 310 g/mol. The molecule has 0 bridgehead atoms. The number of hydrazone groups is 1. The predicted molar refractivity (Wildman–Crippen MR) is 96.6 cm³/mol. The quantitative estimate of drug-likeness (QED) is 0.844. The van der Waals surface area contributed by atoms with Crippen molar-refractivity contribution in [1.29, 1.82) is 0 Å². The van der Waals surface area contributed by atoms with Crippen LogP contribution in [-0.2, 0) is 0 Å². The lowest BCUT2D eigenvalue weighted by molar-refractivity contribution is 0.257. The highest BCUT2D eigenvalue weighted by atomic mass is 35.5. The van der Waals surface area contributed by atoms with Crippen LogP contribution in [0.2, 0.25) is 5.02 Å². The summed E-state index contributed by atoms with van der Waals surface area (Å²) >= 11 is 6.19. The molecule has 1 N–H and O–H groups in total. The van der Waals surface area contributed by atoms with Gasteiger partial charge >= 0.3 is 0 Å². The summed E-state index contributed by atoms with van der Waals surface area (Å²) in [4.78, 5) is 7.22. The largest absolute Gasteiger partial charge is 0.338 e. The van der Waals surface area contributed by atoms with Crippen LogP contribution in [0.3, 0.4) is 0 Å². The van der Waals surface area contributed by atoms with Crippen LogP contribution in [-0.4, -0.2) is 47.8 Å². The van der Waals surface area contributed by atoms with Gasteiger partial charge in [-0.2, -0.15) is 5.10 Å². The van der Waals surface area contributed by atoms with Crippen molar-refractivity contribution in [1.82, 2.24) is 15.2 Å². The molecule has 6 heteroatoms. The second-order valence-electron chi connectivity index (χ2n) is 6.06. The summed E-state index contributed by atoms with van der Waals surface area (Å²) in [6, 6.07) is 6.03. The summed E-state index contributed by atoms with van der Waals surface area (Å²) in [6.07, 6.45) is 0.931. The predicted octanol–water partition coefficient (Wildman–Crippen LogP) is 3.40. The Hall–Kier alpha value is -1.59. The van der Waals surface area contributed by atoms with E-state index in [1.165, 1.54) is 0 Å². The van der Waals surface area contributed by atoms with E-state index in [0.717, 1.165) is 60.5 Å². The molecule has 1 atom stereocenters. The minimum absolute atomic E-state index is 0.118. The highest BCUT2D eigenvalue weighted by Gasteiger charge is 2.31. The van der Waals surface area contributed by atoms with Crippen molar-refractivity contribution in [3.05, 3.63) is 28.8 Å². The van der Waals surface area contributed by atoms with Gasteiger partial charge < -0.3 is 10.2 Å². The Labute approximate surface area is 143 Å². The Morgan fingerprint density at radius 3 is 2.83 bits per heavy atom. The number of halogens is 1. The van der Waals surface area contributed by atoms with E-state index >= 15 is 0 Å². The number of nitrogens with one attached hydrogen (secondary N) is 1. The zero-order valence-corrected chi connectivity index (χ0v) is 14.8. The van der Waals surface area contributed by atoms with Gasteiger partial charge in [-0.05, 0) is 38.5 Å². The summed E-state index contributed by atoms with van der Waals surface area (Å²) in [7, 11) is 0. The number of piperazine rings is 1. The van der Waals surface area contributed by atoms with Crippen LogP contribution in [0, 0.1) is 0 Å². The number of hydrogen-bond donors (Lipinski definition) is 1. The number of aliphatic imine (C=N–C) groups is 1. The van der Waals surface area contributed by atoms with Crippen molar-refractivity contribution in [2.24, 2.45) is 10.1 Å². The van der Waals surface area contributed by atoms with Gasteiger partial charge in [-0.25, -0.2) is 10.0 Å². The molecule has 3 rings (SSSR count). The van der Waals surface area contributed by atoms with Crippen LogP contribution >= 0.6 is 11.6 Å². The zero-order valence-electron chi connectivity index (χ0n) is 14.0. The average molecular weight is 334 g/mol. The Bertz CT molecular complexity index is 634. The minimum atomic E-state index is 0.118. The summed E-state index contributed by atoms with van der Waals surface area (Å²) in [5, 5.41) is 11.0. The number of benzene rings is 1. The molecule has 1 saturated heterocycles. The fraction of sp³-hybridized carbons (Fsp3) is 0.529. The minimum Gasteiger partial charge on any atom is -0.338 e. The van der Waals surface area contributed by atoms with Crippen LogP contribution in [0.5, 0.6) is 0 Å². The highest BCUT2D eigenvalue weighted by molar-refractivity contribution is 6.30. The first-order valence-electron chi connectivity index (χ1n) is 8.27. The van der Waals surface area contributed by atoms with Gasteiger partial charge in [-0.3, -0.25) is 0 Å². The Kier molecular flexibility index (Phi) is 4.87. The summed E-state index contributed by atoms with van der Waals surface area (Å²) in [5.41, 5.74) is 3.23. The number of hydrogen-bond acceptors (Lipinski definition) is 5. The maximum atomic E-state index is 6.19. The normalized spacial score (nSPS) is 22.0. The maximum Gasteiger partial charge on any atom is 0.223 e. The highest BCUT2D eigenvalue weighted by Crippen LogP contribution is 2.37. The molecule has 5 nitrogen and oxygen atoms in total. The molecule has 1 aromatic carbocycles. The SMILES string of the molecule is CC/C(C)=N/N1C(N2CCNCC2)=Nc2ccc(Cl)cc2C1C. The van der Waals surface area contributed by atoms with Crippen molar-refractivity contribution in [3.8, 4) is 0 Å². The number of fused-ring (bicyclic) bond motifs is 1. The van der Waals surface area contributed by atoms with Gasteiger partial charge in [0.15, 0.2) is 0 Å². The molecule has 2 aliphatic heterocycles. The molecule has 124 valence electrons. The summed E-state index contributed by atoms with van der Waals surface area (Å²) < 4.78 is 0. The Morgan fingerprint density at radius 2 is 2.13 bits per heavy atom. The van der Waals surface area contributed by atoms with E-state index in [-0.39, 0.29) is 6.04 Å². The van der Waals surface area contributed by atoms with Gasteiger partial charge in [0.05, 0.1) is 11.7 Å². The third-order valence-electron chi connectivity index (χ3n) is 4.42. The van der Waals surface area contributed by atoms with Crippen molar-refractivity contribution in [2.75, 3.05) is 26.2 Å². The maximum absolute atomic E-state index is 6.19. The van der Waals surface area contributed by atoms with Crippen LogP contribution in [0.1, 0.15) is 38.8 Å². The third-order valence-corrected chi connectivity index (χ3v) is 4.66. The van der Waals surface area contributed by atoms with Crippen molar-refractivity contribution >= 4 is 29.0 Å². The lowest BCUT2D eigenvalue weighted by atomic mass is 10.0. The lowest BCUT2D eigenvalue weighted by Crippen LogP contribution is -2.52. The van der Waals surface area contributed by atoms with Gasteiger partial charge in [-0.15, -0.1) is 0 Å². The summed E-state index contributed by atoms with van der Waals surface area (Å²) in [5.74, 6) is 0.946. The second-order valence-corrected chi connectivity index (χ2v) is 6.50. The molecule has 0 aliphatic carbocycles. The van der Waals surface area contributed by atoms with Gasteiger partial charge in [0.25, 0.3) is 0 Å². The fourth-order valence-electron chi connectivity index (χ4n) is 2.89. The smallest absolute Gasteiger partial charge is 0.223 e. The molecule has 2 aliphatic rings. The van der Waals surface area contributed by atoms with Gasteiger partial charge in [0, 0.05) is 42.5 Å². The first-order valence-corrected chi connectivity index (χ1v) is 8.65. The van der Waals surface area contributed by atoms with E-state index in [9.17, 15) is 0 Å². The molecular formula is C17H24ClN5. The molecule has 1 fully saturated rings. The first kappa shape index (κ1) is 16.3. The molecule has 0 spiro atoms. The Balaban J connectivity index is 2.04. The number of nitrogens with zero attached hydrogens (tertiary/aromatic N) is 4. The van der Waals surface area contributed by atoms with Crippen molar-refractivity contribution in [3.63, 3.8) is 0 Å². The van der Waals surface area contributed by atoms with E-state index in [1.54, 1.807) is 0 Å². The topological polar surface area (TPSA) is 43.2 Å². The Morgan fingerprint density at radius 1 is 1.39 bits per heavy atom. The molecule has 23 heavy (non-hydrogen) atoms. The summed E-state index contributed by atoms with van der Waals surface area (Å²) in [6.45, 7) is 10.2. The first-order chi connectivity index (χ1) is 11.1. The molecule has 0 aromatic heterocycles. The molecule has 0 radical (unpaired) electrons.